The highest BCUT2D eigenvalue weighted by molar-refractivity contribution is 7.90. The van der Waals surface area contributed by atoms with Crippen LogP contribution in [0.2, 0.25) is 0 Å². The van der Waals surface area contributed by atoms with Crippen molar-refractivity contribution in [3.8, 4) is 0 Å². The maximum absolute atomic E-state index is 13.7. The molecular weight excluding hydrogens is 596 g/mol. The molecule has 0 aliphatic carbocycles. The minimum atomic E-state index is -4.10. The first kappa shape index (κ1) is 31.5. The molecule has 4 fully saturated rings. The van der Waals surface area contributed by atoms with Gasteiger partial charge in [-0.25, -0.2) is 27.9 Å². The molecule has 0 spiro atoms. The van der Waals surface area contributed by atoms with Gasteiger partial charge in [-0.15, -0.1) is 0 Å². The number of hydrogen-bond acceptors (Lipinski definition) is 10. The van der Waals surface area contributed by atoms with Gasteiger partial charge in [0.05, 0.1) is 4.90 Å². The third-order valence-electron chi connectivity index (χ3n) is 9.56. The van der Waals surface area contributed by atoms with Crippen LogP contribution in [0.3, 0.4) is 0 Å². The number of carbonyl (C=O) groups is 3. The van der Waals surface area contributed by atoms with Crippen molar-refractivity contribution in [1.29, 1.82) is 0 Å². The quantitative estimate of drug-likeness (QED) is 0.392. The van der Waals surface area contributed by atoms with Crippen LogP contribution in [0, 0.1) is 6.92 Å². The second kappa shape index (κ2) is 13.1. The summed E-state index contributed by atoms with van der Waals surface area (Å²) in [6.07, 6.45) is 9.13. The molecule has 1 aromatic rings. The van der Waals surface area contributed by atoms with E-state index in [9.17, 15) is 22.8 Å². The van der Waals surface area contributed by atoms with Crippen molar-refractivity contribution in [1.82, 2.24) is 34.5 Å². The van der Waals surface area contributed by atoms with Crippen molar-refractivity contribution >= 4 is 34.0 Å². The molecule has 2 atom stereocenters. The Bertz CT molecular complexity index is 1440. The van der Waals surface area contributed by atoms with Gasteiger partial charge >= 0.3 is 0 Å². The number of amides is 3. The highest BCUT2D eigenvalue weighted by Gasteiger charge is 2.47. The SMILES string of the molecule is Cc1ccc(S(=O)(=O)NC(=O)CC(=O)N2CCCC2C(=O)N2CCN(C3(N4CCCC4)N=CC=C(N4CCCC4)N3)CC2)cc1. The second-order valence-electron chi connectivity index (χ2n) is 12.6. The second-order valence-corrected chi connectivity index (χ2v) is 14.2. The largest absolute Gasteiger partial charge is 0.358 e. The van der Waals surface area contributed by atoms with Crippen molar-refractivity contribution in [2.45, 2.75) is 68.7 Å². The smallest absolute Gasteiger partial charge is 0.264 e. The summed E-state index contributed by atoms with van der Waals surface area (Å²) in [6, 6.07) is 5.44. The summed E-state index contributed by atoms with van der Waals surface area (Å²) < 4.78 is 27.2. The van der Waals surface area contributed by atoms with Gasteiger partial charge in [0.2, 0.25) is 17.7 Å². The van der Waals surface area contributed by atoms with Crippen molar-refractivity contribution in [2.24, 2.45) is 4.99 Å². The number of aliphatic imine (C=N–C) groups is 1. The molecule has 0 bridgehead atoms. The lowest BCUT2D eigenvalue weighted by Gasteiger charge is -2.51. The maximum Gasteiger partial charge on any atom is 0.264 e. The van der Waals surface area contributed by atoms with Gasteiger partial charge in [-0.1, -0.05) is 17.7 Å². The van der Waals surface area contributed by atoms with E-state index in [4.69, 9.17) is 4.99 Å². The summed E-state index contributed by atoms with van der Waals surface area (Å²) in [7, 11) is -4.10. The molecule has 45 heavy (non-hydrogen) atoms. The number of nitrogens with zero attached hydrogens (tertiary/aromatic N) is 6. The number of benzene rings is 1. The Kier molecular flexibility index (Phi) is 9.16. The molecule has 13 nitrogen and oxygen atoms in total. The molecule has 0 radical (unpaired) electrons. The third-order valence-corrected chi connectivity index (χ3v) is 10.9. The van der Waals surface area contributed by atoms with Crippen LogP contribution in [0.15, 0.2) is 46.1 Å². The molecule has 5 aliphatic rings. The molecular formula is C31H44N8O5S. The molecule has 3 amide bonds. The zero-order valence-corrected chi connectivity index (χ0v) is 26.8. The summed E-state index contributed by atoms with van der Waals surface area (Å²) in [4.78, 5) is 54.9. The Balaban J connectivity index is 1.06. The summed E-state index contributed by atoms with van der Waals surface area (Å²) in [5, 5.41) is 3.79. The maximum atomic E-state index is 13.7. The van der Waals surface area contributed by atoms with E-state index < -0.39 is 40.2 Å². The van der Waals surface area contributed by atoms with Crippen LogP contribution in [0.4, 0.5) is 0 Å². The number of rotatable bonds is 8. The van der Waals surface area contributed by atoms with Gasteiger partial charge < -0.3 is 20.0 Å². The van der Waals surface area contributed by atoms with Gasteiger partial charge in [-0.2, -0.15) is 0 Å². The predicted molar refractivity (Wildman–Crippen MR) is 168 cm³/mol. The lowest BCUT2D eigenvalue weighted by molar-refractivity contribution is -0.148. The van der Waals surface area contributed by atoms with Gasteiger partial charge in [0.15, 0.2) is 0 Å². The summed E-state index contributed by atoms with van der Waals surface area (Å²) in [5.41, 5.74) is 0.885. The minimum Gasteiger partial charge on any atom is -0.358 e. The molecule has 1 aromatic carbocycles. The molecule has 244 valence electrons. The zero-order chi connectivity index (χ0) is 31.6. The van der Waals surface area contributed by atoms with E-state index in [1.165, 1.54) is 29.9 Å². The van der Waals surface area contributed by atoms with E-state index in [-0.39, 0.29) is 10.8 Å². The molecule has 2 N–H and O–H groups in total. The van der Waals surface area contributed by atoms with Gasteiger partial charge in [0.25, 0.3) is 15.9 Å². The van der Waals surface area contributed by atoms with E-state index >= 15 is 0 Å². The third kappa shape index (κ3) is 6.59. The first-order valence-electron chi connectivity index (χ1n) is 16.2. The predicted octanol–water partition coefficient (Wildman–Crippen LogP) is 0.644. The summed E-state index contributed by atoms with van der Waals surface area (Å²) in [5.74, 6) is -1.16. The van der Waals surface area contributed by atoms with Crippen LogP contribution in [-0.2, 0) is 24.4 Å². The van der Waals surface area contributed by atoms with Gasteiger partial charge in [0.1, 0.15) is 18.3 Å². The van der Waals surface area contributed by atoms with Crippen LogP contribution in [0.25, 0.3) is 0 Å². The Morgan fingerprint density at radius 2 is 1.53 bits per heavy atom. The van der Waals surface area contributed by atoms with Crippen molar-refractivity contribution in [3.05, 3.63) is 41.7 Å². The number of carbonyl (C=O) groups excluding carboxylic acids is 3. The summed E-state index contributed by atoms with van der Waals surface area (Å²) in [6.45, 7) is 8.42. The number of nitrogens with one attached hydrogen (secondary N) is 2. The van der Waals surface area contributed by atoms with Gasteiger partial charge in [-0.05, 0) is 63.7 Å². The molecule has 6 rings (SSSR count). The highest BCUT2D eigenvalue weighted by Crippen LogP contribution is 2.31. The fourth-order valence-electron chi connectivity index (χ4n) is 7.12. The Hall–Kier alpha value is -3.49. The van der Waals surface area contributed by atoms with Crippen molar-refractivity contribution in [2.75, 3.05) is 58.9 Å². The topological polar surface area (TPSA) is 138 Å². The molecule has 5 aliphatic heterocycles. The van der Waals surface area contributed by atoms with E-state index in [1.807, 2.05) is 22.8 Å². The summed E-state index contributed by atoms with van der Waals surface area (Å²) >= 11 is 0. The molecule has 0 aromatic heterocycles. The van der Waals surface area contributed by atoms with Crippen LogP contribution in [0.5, 0.6) is 0 Å². The van der Waals surface area contributed by atoms with Gasteiger partial charge in [-0.3, -0.25) is 14.4 Å². The average molecular weight is 641 g/mol. The van der Waals surface area contributed by atoms with Crippen molar-refractivity contribution in [3.63, 3.8) is 0 Å². The highest BCUT2D eigenvalue weighted by atomic mass is 32.2. The number of aryl methyl sites for hydroxylation is 1. The fourth-order valence-corrected chi connectivity index (χ4v) is 8.11. The number of piperazine rings is 1. The molecule has 0 saturated carbocycles. The average Bonchev–Trinajstić information content (AvgIpc) is 3.84. The minimum absolute atomic E-state index is 0.0498. The van der Waals surface area contributed by atoms with E-state index in [2.05, 4.69) is 26.1 Å². The van der Waals surface area contributed by atoms with Crippen molar-refractivity contribution < 1.29 is 22.8 Å². The first-order valence-corrected chi connectivity index (χ1v) is 17.6. The lowest BCUT2D eigenvalue weighted by atomic mass is 10.1. The van der Waals surface area contributed by atoms with Crippen LogP contribution >= 0.6 is 0 Å². The molecule has 14 heteroatoms. The Morgan fingerprint density at radius 3 is 2.22 bits per heavy atom. The van der Waals surface area contributed by atoms with E-state index in [0.29, 0.717) is 45.6 Å². The van der Waals surface area contributed by atoms with Crippen LogP contribution < -0.4 is 10.0 Å². The number of likely N-dealkylation sites (tertiary alicyclic amines) is 3. The number of sulfonamides is 1. The zero-order valence-electron chi connectivity index (χ0n) is 26.0. The number of hydrogen-bond donors (Lipinski definition) is 2. The lowest BCUT2D eigenvalue weighted by Crippen LogP contribution is -2.71. The molecule has 4 saturated heterocycles. The normalized spacial score (nSPS) is 26.2. The number of allylic oxidation sites excluding steroid dienone is 1. The monoisotopic (exact) mass is 640 g/mol. The van der Waals surface area contributed by atoms with E-state index in [0.717, 1.165) is 50.4 Å². The Labute approximate surface area is 265 Å². The first-order chi connectivity index (χ1) is 21.7. The standard InChI is InChI=1S/C31H44N8O5S/c1-24-8-10-25(11-9-24)45(43,44)34-28(40)23-29(41)39-18-6-7-26(39)30(42)36-19-21-38(22-20-36)31(37-16-4-5-17-37)32-13-12-27(33-31)35-14-2-3-15-35/h8-13,26,33H,2-7,14-23H2,1H3,(H,34,40). The van der Waals surface area contributed by atoms with Crippen LogP contribution in [-0.4, -0.2) is 128 Å². The fraction of sp³-hybridized carbons (Fsp3) is 0.613. The van der Waals surface area contributed by atoms with Gasteiger partial charge in [0, 0.05) is 65.1 Å². The van der Waals surface area contributed by atoms with Crippen LogP contribution in [0.1, 0.15) is 50.5 Å². The molecule has 5 heterocycles. The Morgan fingerprint density at radius 1 is 0.889 bits per heavy atom. The van der Waals surface area contributed by atoms with E-state index in [1.54, 1.807) is 12.1 Å². The molecule has 2 unspecified atom stereocenters.